The lowest BCUT2D eigenvalue weighted by atomic mass is 10.6. The highest BCUT2D eigenvalue weighted by molar-refractivity contribution is 9.10. The number of hydrogen-bond donors (Lipinski definition) is 0. The van der Waals surface area contributed by atoms with Gasteiger partial charge in [-0.15, -0.1) is 5.10 Å². The molecule has 0 aliphatic rings. The van der Waals surface area contributed by atoms with E-state index in [9.17, 15) is 8.42 Å². The van der Waals surface area contributed by atoms with Gasteiger partial charge in [0.1, 0.15) is 6.33 Å². The molecule has 0 aliphatic carbocycles. The molecule has 74 valence electrons. The van der Waals surface area contributed by atoms with Gasteiger partial charge >= 0.3 is 0 Å². The summed E-state index contributed by atoms with van der Waals surface area (Å²) < 4.78 is 23.6. The molecular formula is C5H2BrClN4O2S. The lowest BCUT2D eigenvalue weighted by Crippen LogP contribution is -1.94. The molecule has 0 radical (unpaired) electrons. The highest BCUT2D eigenvalue weighted by Crippen LogP contribution is 2.17. The smallest absolute Gasteiger partial charge is 0.243 e. The largest absolute Gasteiger partial charge is 0.298 e. The Balaban J connectivity index is 2.81. The van der Waals surface area contributed by atoms with Gasteiger partial charge in [-0.2, -0.15) is 4.98 Å². The Morgan fingerprint density at radius 3 is 2.79 bits per heavy atom. The van der Waals surface area contributed by atoms with E-state index >= 15 is 0 Å². The van der Waals surface area contributed by atoms with E-state index in [1.54, 1.807) is 0 Å². The average Bonchev–Trinajstić information content (AvgIpc) is 2.48. The van der Waals surface area contributed by atoms with Crippen molar-refractivity contribution in [2.45, 2.75) is 5.16 Å². The Labute approximate surface area is 91.5 Å². The maximum atomic E-state index is 10.9. The van der Waals surface area contributed by atoms with Crippen molar-refractivity contribution in [2.75, 3.05) is 0 Å². The summed E-state index contributed by atoms with van der Waals surface area (Å²) in [7, 11) is 1.18. The van der Waals surface area contributed by atoms with Crippen LogP contribution >= 0.6 is 26.6 Å². The van der Waals surface area contributed by atoms with Crippen LogP contribution in [0.5, 0.6) is 0 Å². The summed E-state index contributed by atoms with van der Waals surface area (Å²) in [5.74, 6) is 0. The number of fused-ring (bicyclic) bond motifs is 1. The molecule has 0 amide bonds. The standard InChI is InChI=1S/C5H2BrClN4O2S/c6-3-1-8-2-11-4(3)9-5(10-11)14(7,12)13/h1-2H. The van der Waals surface area contributed by atoms with Crippen molar-refractivity contribution in [3.63, 3.8) is 0 Å². The molecule has 0 aromatic carbocycles. The number of rotatable bonds is 1. The van der Waals surface area contributed by atoms with Crippen molar-refractivity contribution in [3.8, 4) is 0 Å². The number of nitrogens with zero attached hydrogens (tertiary/aromatic N) is 4. The fourth-order valence-electron chi connectivity index (χ4n) is 0.870. The molecule has 0 atom stereocenters. The molecule has 2 aromatic heterocycles. The zero-order valence-electron chi connectivity index (χ0n) is 6.42. The summed E-state index contributed by atoms with van der Waals surface area (Å²) in [6.07, 6.45) is 2.81. The topological polar surface area (TPSA) is 77.2 Å². The van der Waals surface area contributed by atoms with E-state index in [4.69, 9.17) is 10.7 Å². The molecule has 0 fully saturated rings. The first kappa shape index (κ1) is 9.81. The zero-order chi connectivity index (χ0) is 10.3. The van der Waals surface area contributed by atoms with Crippen LogP contribution in [0.25, 0.3) is 5.65 Å². The van der Waals surface area contributed by atoms with Gasteiger partial charge in [0, 0.05) is 16.9 Å². The number of halogens is 2. The van der Waals surface area contributed by atoms with Gasteiger partial charge in [0.25, 0.3) is 14.2 Å². The van der Waals surface area contributed by atoms with Crippen molar-refractivity contribution < 1.29 is 8.42 Å². The lowest BCUT2D eigenvalue weighted by molar-refractivity contribution is 0.601. The maximum absolute atomic E-state index is 10.9. The first-order chi connectivity index (χ1) is 6.48. The van der Waals surface area contributed by atoms with Crippen LogP contribution in [-0.2, 0) is 9.05 Å². The van der Waals surface area contributed by atoms with Gasteiger partial charge in [-0.3, -0.25) is 0 Å². The maximum Gasteiger partial charge on any atom is 0.298 e. The summed E-state index contributed by atoms with van der Waals surface area (Å²) in [6, 6.07) is 0. The van der Waals surface area contributed by atoms with Crippen molar-refractivity contribution in [2.24, 2.45) is 0 Å². The summed E-state index contributed by atoms with van der Waals surface area (Å²) in [5.41, 5.74) is 0.347. The minimum atomic E-state index is -3.90. The third-order valence-corrected chi connectivity index (χ3v) is 2.99. The van der Waals surface area contributed by atoms with E-state index in [0.717, 1.165) is 0 Å². The first-order valence-electron chi connectivity index (χ1n) is 3.29. The van der Waals surface area contributed by atoms with Crippen LogP contribution in [0.1, 0.15) is 0 Å². The SMILES string of the molecule is O=S(=O)(Cl)c1nc2c(Br)cncn2n1. The van der Waals surface area contributed by atoms with Crippen molar-refractivity contribution in [3.05, 3.63) is 17.0 Å². The second-order valence-electron chi connectivity index (χ2n) is 2.34. The molecule has 0 saturated carbocycles. The minimum absolute atomic E-state index is 0.347. The highest BCUT2D eigenvalue weighted by atomic mass is 79.9. The molecule has 0 bridgehead atoms. The molecule has 2 aromatic rings. The predicted octanol–water partition coefficient (Wildman–Crippen LogP) is 0.814. The number of hydrogen-bond acceptors (Lipinski definition) is 5. The molecule has 0 saturated heterocycles. The highest BCUT2D eigenvalue weighted by Gasteiger charge is 2.18. The van der Waals surface area contributed by atoms with Crippen molar-refractivity contribution in [1.29, 1.82) is 0 Å². The molecule has 0 unspecified atom stereocenters. The normalized spacial score (nSPS) is 12.1. The average molecular weight is 298 g/mol. The minimum Gasteiger partial charge on any atom is -0.243 e. The van der Waals surface area contributed by atoms with E-state index in [1.165, 1.54) is 17.0 Å². The Morgan fingerprint density at radius 2 is 2.21 bits per heavy atom. The summed E-state index contributed by atoms with van der Waals surface area (Å²) >= 11 is 3.15. The van der Waals surface area contributed by atoms with Crippen LogP contribution in [0.15, 0.2) is 22.2 Å². The van der Waals surface area contributed by atoms with Gasteiger partial charge in [-0.1, -0.05) is 0 Å². The Kier molecular flexibility index (Phi) is 2.20. The quantitative estimate of drug-likeness (QED) is 0.728. The van der Waals surface area contributed by atoms with Crippen molar-refractivity contribution >= 4 is 41.3 Å². The zero-order valence-corrected chi connectivity index (χ0v) is 9.58. The second kappa shape index (κ2) is 3.14. The van der Waals surface area contributed by atoms with E-state index in [0.29, 0.717) is 10.1 Å². The molecular weight excluding hydrogens is 296 g/mol. The van der Waals surface area contributed by atoms with Crippen LogP contribution in [-0.4, -0.2) is 28.0 Å². The van der Waals surface area contributed by atoms with Crippen LogP contribution in [0.2, 0.25) is 0 Å². The van der Waals surface area contributed by atoms with Crippen LogP contribution < -0.4 is 0 Å². The lowest BCUT2D eigenvalue weighted by Gasteiger charge is -1.89. The Bertz CT molecular complexity index is 595. The predicted molar refractivity (Wildman–Crippen MR) is 51.5 cm³/mol. The Hall–Kier alpha value is -0.730. The molecule has 2 heterocycles. The monoisotopic (exact) mass is 296 g/mol. The number of aromatic nitrogens is 4. The molecule has 6 nitrogen and oxygen atoms in total. The molecule has 2 rings (SSSR count). The molecule has 0 spiro atoms. The van der Waals surface area contributed by atoms with Gasteiger partial charge in [-0.05, 0) is 15.9 Å². The molecule has 14 heavy (non-hydrogen) atoms. The van der Waals surface area contributed by atoms with Gasteiger partial charge in [0.05, 0.1) is 4.47 Å². The van der Waals surface area contributed by atoms with Gasteiger partial charge in [-0.25, -0.2) is 17.9 Å². The van der Waals surface area contributed by atoms with E-state index in [1.807, 2.05) is 0 Å². The van der Waals surface area contributed by atoms with E-state index in [2.05, 4.69) is 31.0 Å². The van der Waals surface area contributed by atoms with Gasteiger partial charge in [0.2, 0.25) is 0 Å². The fourth-order valence-corrected chi connectivity index (χ4v) is 1.84. The van der Waals surface area contributed by atoms with Gasteiger partial charge < -0.3 is 0 Å². The fraction of sp³-hybridized carbons (Fsp3) is 0. The molecule has 9 heteroatoms. The third kappa shape index (κ3) is 1.60. The van der Waals surface area contributed by atoms with Crippen molar-refractivity contribution in [1.82, 2.24) is 19.6 Å². The first-order valence-corrected chi connectivity index (χ1v) is 6.39. The molecule has 0 N–H and O–H groups in total. The van der Waals surface area contributed by atoms with Crippen LogP contribution in [0, 0.1) is 0 Å². The summed E-state index contributed by atoms with van der Waals surface area (Å²) in [4.78, 5) is 7.51. The van der Waals surface area contributed by atoms with Crippen LogP contribution in [0.4, 0.5) is 0 Å². The van der Waals surface area contributed by atoms with E-state index < -0.39 is 14.2 Å². The Morgan fingerprint density at radius 1 is 1.50 bits per heavy atom. The van der Waals surface area contributed by atoms with E-state index in [-0.39, 0.29) is 0 Å². The van der Waals surface area contributed by atoms with Crippen LogP contribution in [0.3, 0.4) is 0 Å². The second-order valence-corrected chi connectivity index (χ2v) is 5.66. The third-order valence-electron chi connectivity index (χ3n) is 1.41. The van der Waals surface area contributed by atoms with Gasteiger partial charge in [0.15, 0.2) is 5.65 Å². The summed E-state index contributed by atoms with van der Waals surface area (Å²) in [5, 5.41) is 3.20. The molecule has 0 aliphatic heterocycles. The summed E-state index contributed by atoms with van der Waals surface area (Å²) in [6.45, 7) is 0.